The van der Waals surface area contributed by atoms with Gasteiger partial charge < -0.3 is 10.1 Å². The second-order valence-electron chi connectivity index (χ2n) is 9.48. The molecule has 5 rings (SSSR count). The molecule has 4 aromatic rings. The Morgan fingerprint density at radius 1 is 1.05 bits per heavy atom. The van der Waals surface area contributed by atoms with Gasteiger partial charge in [0.1, 0.15) is 24.5 Å². The second-order valence-corrected chi connectivity index (χ2v) is 11.4. The summed E-state index contributed by atoms with van der Waals surface area (Å²) in [6, 6.07) is 13.0. The molecule has 0 saturated heterocycles. The highest BCUT2D eigenvalue weighted by molar-refractivity contribution is 7.90. The van der Waals surface area contributed by atoms with Crippen LogP contribution in [0.4, 0.5) is 27.6 Å². The minimum atomic E-state index is -5.61. The summed E-state index contributed by atoms with van der Waals surface area (Å²) in [5, 5.41) is 7.30. The molecule has 3 heterocycles. The van der Waals surface area contributed by atoms with Crippen LogP contribution in [-0.2, 0) is 29.6 Å². The maximum Gasteiger partial charge on any atom is 0.516 e. The molecule has 11 nitrogen and oxygen atoms in total. The SMILES string of the molecule is CCc1nc2nc(OCc3ccccc3)c(F)cn2c1C(=O)NCc1ccc(N2CCN(S(=O)(=O)C(F)(F)F)C=N2)c(F)c1.[HH]. The minimum absolute atomic E-state index is 0. The molecule has 1 amide bonds. The Labute approximate surface area is 249 Å². The zero-order chi connectivity index (χ0) is 31.6. The fourth-order valence-electron chi connectivity index (χ4n) is 4.36. The van der Waals surface area contributed by atoms with Crippen molar-refractivity contribution >= 4 is 33.7 Å². The number of hydrogen-bond donors (Lipinski definition) is 1. The van der Waals surface area contributed by atoms with Gasteiger partial charge in [0.05, 0.1) is 30.7 Å². The van der Waals surface area contributed by atoms with Crippen LogP contribution in [0.15, 0.2) is 59.8 Å². The quantitative estimate of drug-likeness (QED) is 0.272. The van der Waals surface area contributed by atoms with Crippen molar-refractivity contribution in [3.63, 3.8) is 0 Å². The molecular weight excluding hydrogens is 613 g/mol. The van der Waals surface area contributed by atoms with E-state index in [1.54, 1.807) is 6.92 Å². The lowest BCUT2D eigenvalue weighted by atomic mass is 10.1. The van der Waals surface area contributed by atoms with Crippen LogP contribution in [-0.4, -0.2) is 57.9 Å². The van der Waals surface area contributed by atoms with Crippen LogP contribution in [0.25, 0.3) is 5.78 Å². The van der Waals surface area contributed by atoms with E-state index < -0.39 is 39.6 Å². The van der Waals surface area contributed by atoms with Crippen LogP contribution in [0.2, 0.25) is 0 Å². The van der Waals surface area contributed by atoms with Crippen molar-refractivity contribution < 1.29 is 41.3 Å². The van der Waals surface area contributed by atoms with Gasteiger partial charge in [-0.1, -0.05) is 43.3 Å². The van der Waals surface area contributed by atoms with E-state index in [0.717, 1.165) is 22.8 Å². The average molecular weight is 640 g/mol. The van der Waals surface area contributed by atoms with Gasteiger partial charge in [-0.15, -0.1) is 0 Å². The van der Waals surface area contributed by atoms with Gasteiger partial charge in [0.2, 0.25) is 11.6 Å². The number of fused-ring (bicyclic) bond motifs is 1. The Morgan fingerprint density at radius 2 is 1.80 bits per heavy atom. The van der Waals surface area contributed by atoms with Gasteiger partial charge >= 0.3 is 15.5 Å². The third-order valence-electron chi connectivity index (χ3n) is 6.58. The second kappa shape index (κ2) is 12.1. The van der Waals surface area contributed by atoms with Crippen LogP contribution in [0.3, 0.4) is 0 Å². The number of aromatic nitrogens is 3. The number of hydrogen-bond acceptors (Lipinski definition) is 8. The van der Waals surface area contributed by atoms with Crippen molar-refractivity contribution in [2.24, 2.45) is 5.10 Å². The third-order valence-corrected chi connectivity index (χ3v) is 8.06. The first-order valence-electron chi connectivity index (χ1n) is 13.1. The first-order chi connectivity index (χ1) is 20.9. The smallest absolute Gasteiger partial charge is 0.471 e. The molecule has 0 aliphatic carbocycles. The Morgan fingerprint density at radius 3 is 2.43 bits per heavy atom. The number of carbonyl (C=O) groups is 1. The maximum absolute atomic E-state index is 14.9. The maximum atomic E-state index is 14.9. The van der Waals surface area contributed by atoms with Crippen molar-refractivity contribution in [2.75, 3.05) is 18.1 Å². The van der Waals surface area contributed by atoms with Crippen molar-refractivity contribution in [1.29, 1.82) is 0 Å². The summed E-state index contributed by atoms with van der Waals surface area (Å²) in [5.41, 5.74) is -4.08. The topological polar surface area (TPSA) is 121 Å². The number of amides is 1. The summed E-state index contributed by atoms with van der Waals surface area (Å²) in [5.74, 6) is -2.46. The van der Waals surface area contributed by atoms with E-state index in [1.165, 1.54) is 16.5 Å². The van der Waals surface area contributed by atoms with E-state index in [-0.39, 0.29) is 48.5 Å². The van der Waals surface area contributed by atoms with Gasteiger partial charge in [-0.3, -0.25) is 14.2 Å². The predicted octanol–water partition coefficient (Wildman–Crippen LogP) is 4.24. The number of carbonyl (C=O) groups excluding carboxylic acids is 1. The molecule has 0 spiro atoms. The molecule has 1 N–H and O–H groups in total. The molecule has 234 valence electrons. The average Bonchev–Trinajstić information content (AvgIpc) is 3.36. The van der Waals surface area contributed by atoms with Crippen LogP contribution in [0.5, 0.6) is 5.88 Å². The summed E-state index contributed by atoms with van der Waals surface area (Å²) >= 11 is 0. The molecule has 2 aromatic carbocycles. The first-order valence-corrected chi connectivity index (χ1v) is 14.5. The first kappa shape index (κ1) is 30.7. The van der Waals surface area contributed by atoms with Gasteiger partial charge in [-0.05, 0) is 29.7 Å². The van der Waals surface area contributed by atoms with E-state index in [4.69, 9.17) is 4.74 Å². The lowest BCUT2D eigenvalue weighted by Gasteiger charge is -2.29. The van der Waals surface area contributed by atoms with E-state index >= 15 is 0 Å². The Hall–Kier alpha value is -4.80. The van der Waals surface area contributed by atoms with Crippen molar-refractivity contribution in [2.45, 2.75) is 32.0 Å². The highest BCUT2D eigenvalue weighted by Gasteiger charge is 2.50. The molecule has 2 aromatic heterocycles. The Bertz CT molecular complexity index is 1840. The number of benzene rings is 2. The number of nitrogens with zero attached hydrogens (tertiary/aromatic N) is 6. The number of halogens is 5. The molecule has 17 heteroatoms. The highest BCUT2D eigenvalue weighted by Crippen LogP contribution is 2.28. The summed E-state index contributed by atoms with van der Waals surface area (Å²) in [7, 11) is -5.61. The lowest BCUT2D eigenvalue weighted by Crippen LogP contribution is -2.46. The summed E-state index contributed by atoms with van der Waals surface area (Å²) < 4.78 is 98.0. The molecule has 1 aliphatic heterocycles. The zero-order valence-electron chi connectivity index (χ0n) is 22.9. The van der Waals surface area contributed by atoms with Crippen LogP contribution in [0.1, 0.15) is 35.7 Å². The molecule has 0 atom stereocenters. The summed E-state index contributed by atoms with van der Waals surface area (Å²) in [4.78, 5) is 21.6. The molecule has 0 unspecified atom stereocenters. The molecule has 0 radical (unpaired) electrons. The number of anilines is 1. The van der Waals surface area contributed by atoms with Crippen LogP contribution >= 0.6 is 0 Å². The molecule has 0 saturated carbocycles. The Kier molecular flexibility index (Phi) is 8.40. The monoisotopic (exact) mass is 639 g/mol. The summed E-state index contributed by atoms with van der Waals surface area (Å²) in [6.45, 7) is 0.764. The van der Waals surface area contributed by atoms with Gasteiger partial charge in [0.15, 0.2) is 0 Å². The number of rotatable bonds is 9. The van der Waals surface area contributed by atoms with Gasteiger partial charge in [0.25, 0.3) is 11.8 Å². The fourth-order valence-corrected chi connectivity index (χ4v) is 5.11. The van der Waals surface area contributed by atoms with E-state index in [0.29, 0.717) is 24.0 Å². The number of ether oxygens (including phenoxy) is 1. The normalized spacial score (nSPS) is 13.9. The van der Waals surface area contributed by atoms with Gasteiger partial charge in [-0.25, -0.2) is 13.7 Å². The molecule has 0 bridgehead atoms. The zero-order valence-corrected chi connectivity index (χ0v) is 23.7. The fraction of sp³-hybridized carbons (Fsp3) is 0.259. The van der Waals surface area contributed by atoms with Gasteiger partial charge in [-0.2, -0.15) is 36.1 Å². The van der Waals surface area contributed by atoms with Crippen LogP contribution < -0.4 is 15.1 Å². The molecule has 0 fully saturated rings. The number of imidazole rings is 1. The van der Waals surface area contributed by atoms with E-state index in [9.17, 15) is 35.2 Å². The number of aryl methyl sites for hydroxylation is 1. The standard InChI is InChI=1S/C27H24F5N7O4S.H2/c1-2-21-23(38-14-20(29)25(36-26(38)35-21)43-15-17-6-4-3-5-7-17)24(40)33-13-18-8-9-22(19(28)12-18)39-11-10-37(16-34-39)44(41,42)27(30,31)32;/h3-9,12,14,16H,2,10-11,13,15H2,1H3,(H,33,40);1H. The summed E-state index contributed by atoms with van der Waals surface area (Å²) in [6.07, 6.45) is 1.85. The molecule has 1 aliphatic rings. The van der Waals surface area contributed by atoms with Crippen molar-refractivity contribution in [3.8, 4) is 5.88 Å². The Balaban J connectivity index is 0.00000461. The highest BCUT2D eigenvalue weighted by atomic mass is 32.2. The largest absolute Gasteiger partial charge is 0.516 e. The number of sulfonamides is 1. The predicted molar refractivity (Wildman–Crippen MR) is 150 cm³/mol. The van der Waals surface area contributed by atoms with Crippen molar-refractivity contribution in [3.05, 3.63) is 88.9 Å². The third kappa shape index (κ3) is 6.13. The minimum Gasteiger partial charge on any atom is -0.471 e. The number of alkyl halides is 3. The molecule has 44 heavy (non-hydrogen) atoms. The number of hydrazone groups is 1. The lowest BCUT2D eigenvalue weighted by molar-refractivity contribution is -0.0471. The van der Waals surface area contributed by atoms with Crippen molar-refractivity contribution in [1.82, 2.24) is 24.0 Å². The van der Waals surface area contributed by atoms with Crippen LogP contribution in [0, 0.1) is 11.6 Å². The van der Waals surface area contributed by atoms with Gasteiger partial charge in [0, 0.05) is 7.97 Å². The molecular formula is C27H26F5N7O4S. The van der Waals surface area contributed by atoms with E-state index in [1.807, 2.05) is 30.3 Å². The number of nitrogens with one attached hydrogen (secondary N) is 1. The van der Waals surface area contributed by atoms with E-state index in [2.05, 4.69) is 20.4 Å².